The van der Waals surface area contributed by atoms with E-state index in [1.807, 2.05) is 0 Å². The second-order valence-corrected chi connectivity index (χ2v) is 5.88. The van der Waals surface area contributed by atoms with Gasteiger partial charge in [0.15, 0.2) is 0 Å². The fourth-order valence-corrected chi connectivity index (χ4v) is 2.64. The summed E-state index contributed by atoms with van der Waals surface area (Å²) in [7, 11) is 1.65. The third-order valence-corrected chi connectivity index (χ3v) is 4.30. The molecule has 0 aliphatic carbocycles. The zero-order chi connectivity index (χ0) is 16.6. The molecule has 3 aromatic rings. The summed E-state index contributed by atoms with van der Waals surface area (Å²) in [5, 5.41) is 7.92. The Morgan fingerprint density at radius 3 is 2.61 bits per heavy atom. The van der Waals surface area contributed by atoms with Crippen LogP contribution in [0.3, 0.4) is 0 Å². The minimum atomic E-state index is -0.370. The maximum atomic E-state index is 12.5. The van der Waals surface area contributed by atoms with E-state index in [0.717, 1.165) is 0 Å². The number of anilines is 1. The molecule has 0 aliphatic rings. The Hall–Kier alpha value is -2.02. The van der Waals surface area contributed by atoms with E-state index in [0.29, 0.717) is 32.3 Å². The highest BCUT2D eigenvalue weighted by atomic mass is 35.5. The molecule has 2 heterocycles. The van der Waals surface area contributed by atoms with E-state index in [1.165, 1.54) is 28.0 Å². The Balaban J connectivity index is 1.98. The average Bonchev–Trinajstić information content (AvgIpc) is 3.12. The number of carbonyl (C=O) groups excluding carboxylic acids is 1. The second-order valence-electron chi connectivity index (χ2n) is 4.68. The lowest BCUT2D eigenvalue weighted by Gasteiger charge is -2.12. The van der Waals surface area contributed by atoms with Crippen molar-refractivity contribution in [3.8, 4) is 5.69 Å². The standard InChI is InChI=1S/C14H10Cl3N5O/c1-21-12(5-9(16)13(21)17)14(23)20-10-4-8(15)2-3-11(10)22-7-18-6-19-22/h2-7H,1H3,(H,20,23). The molecule has 2 aromatic heterocycles. The number of carbonyl (C=O) groups is 1. The molecule has 9 heteroatoms. The average molecular weight is 371 g/mol. The van der Waals surface area contributed by atoms with Crippen molar-refractivity contribution in [1.82, 2.24) is 19.3 Å². The lowest BCUT2D eigenvalue weighted by molar-refractivity contribution is 0.101. The summed E-state index contributed by atoms with van der Waals surface area (Å²) >= 11 is 18.0. The van der Waals surface area contributed by atoms with Crippen LogP contribution in [0.25, 0.3) is 5.69 Å². The molecule has 0 unspecified atom stereocenters. The maximum Gasteiger partial charge on any atom is 0.272 e. The monoisotopic (exact) mass is 369 g/mol. The van der Waals surface area contributed by atoms with Gasteiger partial charge in [-0.3, -0.25) is 4.79 Å². The van der Waals surface area contributed by atoms with E-state index in [1.54, 1.807) is 25.2 Å². The van der Waals surface area contributed by atoms with Crippen molar-refractivity contribution in [3.05, 3.63) is 57.8 Å². The number of benzene rings is 1. The SMILES string of the molecule is Cn1c(C(=O)Nc2cc(Cl)ccc2-n2cncn2)cc(Cl)c1Cl. The Kier molecular flexibility index (Phi) is 4.30. The van der Waals surface area contributed by atoms with Crippen molar-refractivity contribution in [2.24, 2.45) is 7.05 Å². The molecule has 0 atom stereocenters. The summed E-state index contributed by atoms with van der Waals surface area (Å²) in [5.74, 6) is -0.370. The maximum absolute atomic E-state index is 12.5. The number of amides is 1. The molecule has 0 fully saturated rings. The van der Waals surface area contributed by atoms with E-state index < -0.39 is 0 Å². The van der Waals surface area contributed by atoms with Gasteiger partial charge in [-0.1, -0.05) is 34.8 Å². The van der Waals surface area contributed by atoms with Gasteiger partial charge in [0.25, 0.3) is 5.91 Å². The first-order chi connectivity index (χ1) is 11.0. The van der Waals surface area contributed by atoms with Gasteiger partial charge in [0.2, 0.25) is 0 Å². The van der Waals surface area contributed by atoms with Crippen LogP contribution >= 0.6 is 34.8 Å². The first-order valence-corrected chi connectivity index (χ1v) is 7.57. The van der Waals surface area contributed by atoms with Gasteiger partial charge in [-0.2, -0.15) is 5.10 Å². The van der Waals surface area contributed by atoms with E-state index in [4.69, 9.17) is 34.8 Å². The molecule has 1 amide bonds. The van der Waals surface area contributed by atoms with Crippen LogP contribution in [-0.4, -0.2) is 25.2 Å². The lowest BCUT2D eigenvalue weighted by atomic mass is 10.2. The molecule has 23 heavy (non-hydrogen) atoms. The van der Waals surface area contributed by atoms with E-state index in [2.05, 4.69) is 15.4 Å². The van der Waals surface area contributed by atoms with Gasteiger partial charge in [0.1, 0.15) is 23.5 Å². The summed E-state index contributed by atoms with van der Waals surface area (Å²) in [5.41, 5.74) is 1.44. The summed E-state index contributed by atoms with van der Waals surface area (Å²) in [6.45, 7) is 0. The van der Waals surface area contributed by atoms with Crippen molar-refractivity contribution in [1.29, 1.82) is 0 Å². The summed E-state index contributed by atoms with van der Waals surface area (Å²) in [6, 6.07) is 6.56. The Bertz CT molecular complexity index is 873. The number of aromatic nitrogens is 4. The van der Waals surface area contributed by atoms with Crippen LogP contribution in [0.5, 0.6) is 0 Å². The molecule has 0 aliphatic heterocycles. The lowest BCUT2D eigenvalue weighted by Crippen LogP contribution is -2.17. The number of halogens is 3. The zero-order valence-corrected chi connectivity index (χ0v) is 14.1. The summed E-state index contributed by atoms with van der Waals surface area (Å²) < 4.78 is 3.02. The highest BCUT2D eigenvalue weighted by Gasteiger charge is 2.17. The van der Waals surface area contributed by atoms with E-state index in [9.17, 15) is 4.79 Å². The van der Waals surface area contributed by atoms with E-state index >= 15 is 0 Å². The summed E-state index contributed by atoms with van der Waals surface area (Å²) in [6.07, 6.45) is 2.92. The molecule has 0 radical (unpaired) electrons. The normalized spacial score (nSPS) is 10.8. The Morgan fingerprint density at radius 2 is 2.00 bits per heavy atom. The molecule has 0 saturated carbocycles. The van der Waals surface area contributed by atoms with Crippen LogP contribution in [0.1, 0.15) is 10.5 Å². The minimum absolute atomic E-state index is 0.291. The molecule has 0 spiro atoms. The van der Waals surface area contributed by atoms with Crippen LogP contribution in [0, 0.1) is 0 Å². The third-order valence-electron chi connectivity index (χ3n) is 3.22. The fourth-order valence-electron chi connectivity index (χ4n) is 2.09. The molecule has 0 saturated heterocycles. The number of hydrogen-bond donors (Lipinski definition) is 1. The van der Waals surface area contributed by atoms with Crippen LogP contribution in [0.15, 0.2) is 36.9 Å². The third kappa shape index (κ3) is 3.06. The topological polar surface area (TPSA) is 64.7 Å². The molecule has 1 aromatic carbocycles. The number of hydrogen-bond acceptors (Lipinski definition) is 3. The predicted molar refractivity (Wildman–Crippen MR) is 89.8 cm³/mol. The molecule has 0 bridgehead atoms. The molecule has 1 N–H and O–H groups in total. The summed E-state index contributed by atoms with van der Waals surface area (Å²) in [4.78, 5) is 16.4. The largest absolute Gasteiger partial charge is 0.329 e. The fraction of sp³-hybridized carbons (Fsp3) is 0.0714. The van der Waals surface area contributed by atoms with Crippen molar-refractivity contribution in [3.63, 3.8) is 0 Å². The van der Waals surface area contributed by atoms with Gasteiger partial charge >= 0.3 is 0 Å². The van der Waals surface area contributed by atoms with Crippen LogP contribution < -0.4 is 5.32 Å². The molecular weight excluding hydrogens is 361 g/mol. The van der Waals surface area contributed by atoms with Gasteiger partial charge in [0.05, 0.1) is 16.4 Å². The smallest absolute Gasteiger partial charge is 0.272 e. The van der Waals surface area contributed by atoms with Crippen molar-refractivity contribution < 1.29 is 4.79 Å². The highest BCUT2D eigenvalue weighted by molar-refractivity contribution is 6.42. The predicted octanol–water partition coefficient (Wildman–Crippen LogP) is 3.82. The minimum Gasteiger partial charge on any atom is -0.329 e. The van der Waals surface area contributed by atoms with Crippen molar-refractivity contribution in [2.75, 3.05) is 5.32 Å². The molecular formula is C14H10Cl3N5O. The molecule has 3 rings (SSSR count). The molecule has 6 nitrogen and oxygen atoms in total. The Morgan fingerprint density at radius 1 is 1.22 bits per heavy atom. The van der Waals surface area contributed by atoms with Crippen LogP contribution in [0.2, 0.25) is 15.2 Å². The quantitative estimate of drug-likeness (QED) is 0.762. The first kappa shape index (κ1) is 15.9. The van der Waals surface area contributed by atoms with Gasteiger partial charge in [-0.15, -0.1) is 0 Å². The second kappa shape index (κ2) is 6.23. The van der Waals surface area contributed by atoms with Crippen LogP contribution in [-0.2, 0) is 7.05 Å². The van der Waals surface area contributed by atoms with Gasteiger partial charge in [0, 0.05) is 12.1 Å². The van der Waals surface area contributed by atoms with Gasteiger partial charge in [-0.25, -0.2) is 9.67 Å². The van der Waals surface area contributed by atoms with Crippen molar-refractivity contribution >= 4 is 46.4 Å². The highest BCUT2D eigenvalue weighted by Crippen LogP contribution is 2.28. The van der Waals surface area contributed by atoms with Crippen molar-refractivity contribution in [2.45, 2.75) is 0 Å². The number of nitrogens with zero attached hydrogens (tertiary/aromatic N) is 4. The number of nitrogens with one attached hydrogen (secondary N) is 1. The Labute approximate surface area is 146 Å². The number of rotatable bonds is 3. The zero-order valence-electron chi connectivity index (χ0n) is 11.8. The first-order valence-electron chi connectivity index (χ1n) is 6.44. The van der Waals surface area contributed by atoms with Gasteiger partial charge < -0.3 is 9.88 Å². The van der Waals surface area contributed by atoms with E-state index in [-0.39, 0.29) is 5.91 Å². The van der Waals surface area contributed by atoms with Crippen LogP contribution in [0.4, 0.5) is 5.69 Å². The molecule has 118 valence electrons. The van der Waals surface area contributed by atoms with Gasteiger partial charge in [-0.05, 0) is 24.3 Å².